The van der Waals surface area contributed by atoms with Crippen molar-refractivity contribution >= 4 is 11.7 Å². The molecule has 0 unspecified atom stereocenters. The van der Waals surface area contributed by atoms with Crippen molar-refractivity contribution in [3.63, 3.8) is 0 Å². The average Bonchev–Trinajstić information content (AvgIpc) is 2.66. The smallest absolute Gasteiger partial charge is 0.270 e. The van der Waals surface area contributed by atoms with Crippen molar-refractivity contribution in [2.45, 2.75) is 39.8 Å². The molecular weight excluding hydrogens is 348 g/mol. The van der Waals surface area contributed by atoms with Crippen LogP contribution in [-0.4, -0.2) is 21.4 Å². The van der Waals surface area contributed by atoms with E-state index in [0.29, 0.717) is 23.9 Å². The minimum absolute atomic E-state index is 0.217. The highest BCUT2D eigenvalue weighted by atomic mass is 16.2. The molecule has 2 aromatic carbocycles. The SMILES string of the molecule is Cc1ccccc1CNc1cc(C(=O)NC(C)(C)C)nc(-c2ccccc2)n1. The Kier molecular flexibility index (Phi) is 5.73. The highest BCUT2D eigenvalue weighted by Gasteiger charge is 2.18. The molecule has 0 aliphatic rings. The summed E-state index contributed by atoms with van der Waals surface area (Å²) in [7, 11) is 0. The van der Waals surface area contributed by atoms with Gasteiger partial charge in [-0.2, -0.15) is 0 Å². The van der Waals surface area contributed by atoms with Crippen molar-refractivity contribution in [3.8, 4) is 11.4 Å². The zero-order valence-corrected chi connectivity index (χ0v) is 16.8. The Balaban J connectivity index is 1.93. The first-order valence-corrected chi connectivity index (χ1v) is 9.37. The molecule has 3 aromatic rings. The van der Waals surface area contributed by atoms with Gasteiger partial charge in [-0.1, -0.05) is 54.6 Å². The summed E-state index contributed by atoms with van der Waals surface area (Å²) in [4.78, 5) is 21.8. The van der Waals surface area contributed by atoms with Gasteiger partial charge in [0.2, 0.25) is 0 Å². The van der Waals surface area contributed by atoms with E-state index in [-0.39, 0.29) is 11.4 Å². The Morgan fingerprint density at radius 2 is 1.64 bits per heavy atom. The Hall–Kier alpha value is -3.21. The highest BCUT2D eigenvalue weighted by Crippen LogP contribution is 2.19. The minimum atomic E-state index is -0.344. The molecule has 0 bridgehead atoms. The van der Waals surface area contributed by atoms with Gasteiger partial charge in [0.05, 0.1) is 0 Å². The number of aryl methyl sites for hydroxylation is 1. The van der Waals surface area contributed by atoms with E-state index in [0.717, 1.165) is 5.56 Å². The number of nitrogens with one attached hydrogen (secondary N) is 2. The molecule has 5 heteroatoms. The predicted octanol–water partition coefficient (Wildman–Crippen LogP) is 4.59. The number of hydrogen-bond acceptors (Lipinski definition) is 4. The number of nitrogens with zero attached hydrogens (tertiary/aromatic N) is 2. The van der Waals surface area contributed by atoms with E-state index in [1.165, 1.54) is 11.1 Å². The maximum atomic E-state index is 12.7. The molecule has 0 atom stereocenters. The molecule has 1 heterocycles. The first-order valence-electron chi connectivity index (χ1n) is 9.37. The van der Waals surface area contributed by atoms with Gasteiger partial charge in [0, 0.05) is 23.7 Å². The third-order valence-corrected chi connectivity index (χ3v) is 4.20. The average molecular weight is 374 g/mol. The standard InChI is InChI=1S/C23H26N4O/c1-16-10-8-9-13-18(16)15-24-20-14-19(22(28)27-23(2,3)4)25-21(26-20)17-11-6-5-7-12-17/h5-14H,15H2,1-4H3,(H,27,28)(H,24,25,26). The van der Waals surface area contributed by atoms with Crippen LogP contribution in [0.4, 0.5) is 5.82 Å². The lowest BCUT2D eigenvalue weighted by Gasteiger charge is -2.20. The van der Waals surface area contributed by atoms with Gasteiger partial charge < -0.3 is 10.6 Å². The number of hydrogen-bond donors (Lipinski definition) is 2. The fourth-order valence-corrected chi connectivity index (χ4v) is 2.77. The van der Waals surface area contributed by atoms with Crippen molar-refractivity contribution in [3.05, 3.63) is 77.5 Å². The normalized spacial score (nSPS) is 11.1. The van der Waals surface area contributed by atoms with Gasteiger partial charge in [-0.05, 0) is 38.8 Å². The van der Waals surface area contributed by atoms with E-state index >= 15 is 0 Å². The zero-order valence-electron chi connectivity index (χ0n) is 16.8. The van der Waals surface area contributed by atoms with Gasteiger partial charge in [0.1, 0.15) is 11.5 Å². The number of amides is 1. The molecule has 0 fully saturated rings. The van der Waals surface area contributed by atoms with Crippen molar-refractivity contribution < 1.29 is 4.79 Å². The summed E-state index contributed by atoms with van der Waals surface area (Å²) in [6, 6.07) is 19.6. The Morgan fingerprint density at radius 3 is 2.32 bits per heavy atom. The van der Waals surface area contributed by atoms with Crippen molar-refractivity contribution in [1.29, 1.82) is 0 Å². The van der Waals surface area contributed by atoms with E-state index < -0.39 is 0 Å². The molecule has 0 aliphatic heterocycles. The Morgan fingerprint density at radius 1 is 0.964 bits per heavy atom. The van der Waals surface area contributed by atoms with Crippen LogP contribution in [0.1, 0.15) is 42.4 Å². The van der Waals surface area contributed by atoms with Crippen molar-refractivity contribution in [2.75, 3.05) is 5.32 Å². The first-order chi connectivity index (χ1) is 13.3. The third-order valence-electron chi connectivity index (χ3n) is 4.20. The second kappa shape index (κ2) is 8.21. The van der Waals surface area contributed by atoms with Crippen molar-refractivity contribution in [2.24, 2.45) is 0 Å². The monoisotopic (exact) mass is 374 g/mol. The van der Waals surface area contributed by atoms with Crippen LogP contribution in [0.5, 0.6) is 0 Å². The molecule has 1 amide bonds. The Bertz CT molecular complexity index is 962. The van der Waals surface area contributed by atoms with Gasteiger partial charge in [-0.3, -0.25) is 4.79 Å². The van der Waals surface area contributed by atoms with Crippen LogP contribution in [0, 0.1) is 6.92 Å². The quantitative estimate of drug-likeness (QED) is 0.685. The molecule has 144 valence electrons. The topological polar surface area (TPSA) is 66.9 Å². The lowest BCUT2D eigenvalue weighted by atomic mass is 10.1. The van der Waals surface area contributed by atoms with Gasteiger partial charge in [0.25, 0.3) is 5.91 Å². The van der Waals surface area contributed by atoms with Crippen LogP contribution in [0.3, 0.4) is 0 Å². The van der Waals surface area contributed by atoms with Gasteiger partial charge >= 0.3 is 0 Å². The predicted molar refractivity (Wildman–Crippen MR) is 113 cm³/mol. The molecule has 0 spiro atoms. The van der Waals surface area contributed by atoms with Crippen molar-refractivity contribution in [1.82, 2.24) is 15.3 Å². The molecule has 0 aliphatic carbocycles. The summed E-state index contributed by atoms with van der Waals surface area (Å²) >= 11 is 0. The molecule has 0 saturated carbocycles. The summed E-state index contributed by atoms with van der Waals surface area (Å²) in [5, 5.41) is 6.31. The van der Waals surface area contributed by atoms with E-state index in [1.54, 1.807) is 6.07 Å². The highest BCUT2D eigenvalue weighted by molar-refractivity contribution is 5.93. The molecule has 0 radical (unpaired) electrons. The summed E-state index contributed by atoms with van der Waals surface area (Å²) in [6.07, 6.45) is 0. The van der Waals surface area contributed by atoms with Crippen LogP contribution in [0.15, 0.2) is 60.7 Å². The number of anilines is 1. The van der Waals surface area contributed by atoms with Gasteiger partial charge in [-0.15, -0.1) is 0 Å². The van der Waals surface area contributed by atoms with Gasteiger partial charge in [0.15, 0.2) is 5.82 Å². The minimum Gasteiger partial charge on any atom is -0.366 e. The Labute approximate surface area is 166 Å². The van der Waals surface area contributed by atoms with Gasteiger partial charge in [-0.25, -0.2) is 9.97 Å². The number of rotatable bonds is 5. The van der Waals surface area contributed by atoms with Crippen LogP contribution in [-0.2, 0) is 6.54 Å². The maximum absolute atomic E-state index is 12.7. The van der Waals surface area contributed by atoms with Crippen LogP contribution < -0.4 is 10.6 Å². The van der Waals surface area contributed by atoms with Crippen LogP contribution >= 0.6 is 0 Å². The second-order valence-corrected chi connectivity index (χ2v) is 7.81. The largest absolute Gasteiger partial charge is 0.366 e. The number of carbonyl (C=O) groups excluding carboxylic acids is 1. The van der Waals surface area contributed by atoms with Crippen LogP contribution in [0.2, 0.25) is 0 Å². The van der Waals surface area contributed by atoms with E-state index in [4.69, 9.17) is 0 Å². The lowest BCUT2D eigenvalue weighted by molar-refractivity contribution is 0.0914. The number of carbonyl (C=O) groups is 1. The summed E-state index contributed by atoms with van der Waals surface area (Å²) < 4.78 is 0. The zero-order chi connectivity index (χ0) is 20.1. The van der Waals surface area contributed by atoms with E-state index in [2.05, 4.69) is 39.7 Å². The summed E-state index contributed by atoms with van der Waals surface area (Å²) in [6.45, 7) is 8.54. The van der Waals surface area contributed by atoms with Crippen LogP contribution in [0.25, 0.3) is 11.4 Å². The molecule has 2 N–H and O–H groups in total. The fourth-order valence-electron chi connectivity index (χ4n) is 2.77. The molecule has 28 heavy (non-hydrogen) atoms. The maximum Gasteiger partial charge on any atom is 0.270 e. The molecule has 0 saturated heterocycles. The number of aromatic nitrogens is 2. The molecule has 3 rings (SSSR count). The molecule has 1 aromatic heterocycles. The number of benzene rings is 2. The second-order valence-electron chi connectivity index (χ2n) is 7.81. The molecule has 5 nitrogen and oxygen atoms in total. The lowest BCUT2D eigenvalue weighted by Crippen LogP contribution is -2.41. The van der Waals surface area contributed by atoms with E-state index in [1.807, 2.05) is 63.2 Å². The third kappa shape index (κ3) is 5.16. The first kappa shape index (κ1) is 19.5. The van der Waals surface area contributed by atoms with E-state index in [9.17, 15) is 4.79 Å². The summed E-state index contributed by atoms with van der Waals surface area (Å²) in [5.41, 5.74) is 3.26. The fraction of sp³-hybridized carbons (Fsp3) is 0.261. The summed E-state index contributed by atoms with van der Waals surface area (Å²) in [5.74, 6) is 0.927. The molecular formula is C23H26N4O.